The highest BCUT2D eigenvalue weighted by Crippen LogP contribution is 2.18. The van der Waals surface area contributed by atoms with E-state index in [4.69, 9.17) is 4.74 Å². The van der Waals surface area contributed by atoms with Gasteiger partial charge in [-0.25, -0.2) is 4.39 Å². The zero-order valence-corrected chi connectivity index (χ0v) is 13.6. The predicted molar refractivity (Wildman–Crippen MR) is 92.3 cm³/mol. The minimum Gasteiger partial charge on any atom is -0.456 e. The quantitative estimate of drug-likeness (QED) is 0.526. The van der Waals surface area contributed by atoms with Gasteiger partial charge < -0.3 is 15.0 Å². The number of esters is 1. The standard InChI is InChI=1S/C19H15FN2O4/c20-13-5-3-4-12(8-13)19(25)22-10-18(24)26-11-17(23)15-9-21-16-7-2-1-6-14(15)16/h1-9,21H,10-11H2,(H,22,25). The van der Waals surface area contributed by atoms with Crippen LogP contribution in [-0.2, 0) is 9.53 Å². The molecule has 6 nitrogen and oxygen atoms in total. The summed E-state index contributed by atoms with van der Waals surface area (Å²) < 4.78 is 18.0. The highest BCUT2D eigenvalue weighted by molar-refractivity contribution is 6.08. The van der Waals surface area contributed by atoms with Gasteiger partial charge in [0.25, 0.3) is 5.91 Å². The summed E-state index contributed by atoms with van der Waals surface area (Å²) in [5.74, 6) is -2.27. The summed E-state index contributed by atoms with van der Waals surface area (Å²) in [5, 5.41) is 3.06. The van der Waals surface area contributed by atoms with Gasteiger partial charge in [0.2, 0.25) is 5.78 Å². The molecule has 1 heterocycles. The van der Waals surface area contributed by atoms with Gasteiger partial charge in [0.05, 0.1) is 0 Å². The molecule has 0 aliphatic rings. The van der Waals surface area contributed by atoms with E-state index in [1.807, 2.05) is 12.1 Å². The number of benzene rings is 2. The Morgan fingerprint density at radius 1 is 1.08 bits per heavy atom. The van der Waals surface area contributed by atoms with Crippen molar-refractivity contribution >= 4 is 28.6 Å². The number of rotatable bonds is 6. The molecule has 3 aromatic rings. The van der Waals surface area contributed by atoms with E-state index in [-0.39, 0.29) is 11.3 Å². The normalized spacial score (nSPS) is 10.5. The first kappa shape index (κ1) is 17.3. The van der Waals surface area contributed by atoms with Crippen molar-refractivity contribution in [1.82, 2.24) is 10.3 Å². The number of hydrogen-bond acceptors (Lipinski definition) is 4. The molecule has 2 aromatic carbocycles. The topological polar surface area (TPSA) is 88.3 Å². The molecule has 1 amide bonds. The molecule has 1 aromatic heterocycles. The average Bonchev–Trinajstić information content (AvgIpc) is 3.08. The summed E-state index contributed by atoms with van der Waals surface area (Å²) in [6, 6.07) is 12.4. The van der Waals surface area contributed by atoms with Crippen LogP contribution in [0.1, 0.15) is 20.7 Å². The molecular weight excluding hydrogens is 339 g/mol. The molecule has 0 aliphatic carbocycles. The Kier molecular flexibility index (Phi) is 5.07. The summed E-state index contributed by atoms with van der Waals surface area (Å²) in [6.45, 7) is -0.854. The van der Waals surface area contributed by atoms with E-state index in [1.165, 1.54) is 18.2 Å². The van der Waals surface area contributed by atoms with Crippen LogP contribution < -0.4 is 5.32 Å². The summed E-state index contributed by atoms with van der Waals surface area (Å²) >= 11 is 0. The third kappa shape index (κ3) is 3.94. The van der Waals surface area contributed by atoms with Gasteiger partial charge in [0, 0.05) is 28.2 Å². The minimum atomic E-state index is -0.761. The van der Waals surface area contributed by atoms with Crippen LogP contribution in [0.25, 0.3) is 10.9 Å². The average molecular weight is 354 g/mol. The van der Waals surface area contributed by atoms with E-state index in [0.717, 1.165) is 17.0 Å². The molecule has 0 bridgehead atoms. The Morgan fingerprint density at radius 2 is 1.88 bits per heavy atom. The van der Waals surface area contributed by atoms with Crippen LogP contribution >= 0.6 is 0 Å². The smallest absolute Gasteiger partial charge is 0.325 e. The number of ketones is 1. The zero-order valence-electron chi connectivity index (χ0n) is 13.6. The highest BCUT2D eigenvalue weighted by Gasteiger charge is 2.15. The van der Waals surface area contributed by atoms with Crippen molar-refractivity contribution in [2.45, 2.75) is 0 Å². The number of ether oxygens (including phenoxy) is 1. The molecule has 7 heteroatoms. The Hall–Kier alpha value is -3.48. The minimum absolute atomic E-state index is 0.0904. The number of amides is 1. The molecule has 26 heavy (non-hydrogen) atoms. The lowest BCUT2D eigenvalue weighted by Gasteiger charge is -2.06. The summed E-state index contributed by atoms with van der Waals surface area (Å²) in [5.41, 5.74) is 1.33. The molecule has 0 saturated carbocycles. The number of carbonyl (C=O) groups excluding carboxylic acids is 3. The molecule has 0 aliphatic heterocycles. The summed E-state index contributed by atoms with van der Waals surface area (Å²) in [7, 11) is 0. The highest BCUT2D eigenvalue weighted by atomic mass is 19.1. The van der Waals surface area contributed by atoms with E-state index in [9.17, 15) is 18.8 Å². The Morgan fingerprint density at radius 3 is 2.69 bits per heavy atom. The molecule has 0 saturated heterocycles. The second-order valence-electron chi connectivity index (χ2n) is 5.52. The van der Waals surface area contributed by atoms with Gasteiger partial charge in [-0.1, -0.05) is 24.3 Å². The largest absolute Gasteiger partial charge is 0.456 e. The van der Waals surface area contributed by atoms with Crippen LogP contribution in [0.4, 0.5) is 4.39 Å². The lowest BCUT2D eigenvalue weighted by Crippen LogP contribution is -2.31. The lowest BCUT2D eigenvalue weighted by atomic mass is 10.1. The fourth-order valence-corrected chi connectivity index (χ4v) is 2.46. The van der Waals surface area contributed by atoms with Crippen molar-refractivity contribution in [3.63, 3.8) is 0 Å². The third-order valence-corrected chi connectivity index (χ3v) is 3.73. The molecule has 0 atom stereocenters. The number of carbonyl (C=O) groups is 3. The fraction of sp³-hybridized carbons (Fsp3) is 0.105. The number of nitrogens with one attached hydrogen (secondary N) is 2. The van der Waals surface area contributed by atoms with Crippen LogP contribution in [0.5, 0.6) is 0 Å². The predicted octanol–water partition coefficient (Wildman–Crippen LogP) is 2.46. The van der Waals surface area contributed by atoms with Gasteiger partial charge in [-0.2, -0.15) is 0 Å². The molecule has 132 valence electrons. The number of fused-ring (bicyclic) bond motifs is 1. The van der Waals surface area contributed by atoms with Crippen LogP contribution in [0.3, 0.4) is 0 Å². The SMILES string of the molecule is O=C(CNC(=O)c1cccc(F)c1)OCC(=O)c1c[nH]c2ccccc12. The van der Waals surface area contributed by atoms with Gasteiger partial charge >= 0.3 is 5.97 Å². The molecule has 0 spiro atoms. The van der Waals surface area contributed by atoms with Crippen molar-refractivity contribution in [3.8, 4) is 0 Å². The number of aromatic amines is 1. The fourth-order valence-electron chi connectivity index (χ4n) is 2.46. The first-order chi connectivity index (χ1) is 12.5. The van der Waals surface area contributed by atoms with Crippen molar-refractivity contribution in [1.29, 1.82) is 0 Å². The van der Waals surface area contributed by atoms with E-state index in [1.54, 1.807) is 18.3 Å². The van der Waals surface area contributed by atoms with Crippen LogP contribution in [0, 0.1) is 5.82 Å². The first-order valence-corrected chi connectivity index (χ1v) is 7.83. The van der Waals surface area contributed by atoms with Crippen LogP contribution in [-0.4, -0.2) is 35.8 Å². The van der Waals surface area contributed by atoms with Gasteiger partial charge in [0.1, 0.15) is 12.4 Å². The van der Waals surface area contributed by atoms with Gasteiger partial charge in [-0.15, -0.1) is 0 Å². The van der Waals surface area contributed by atoms with E-state index < -0.39 is 30.8 Å². The maximum Gasteiger partial charge on any atom is 0.325 e. The second kappa shape index (κ2) is 7.60. The number of hydrogen-bond donors (Lipinski definition) is 2. The van der Waals surface area contributed by atoms with E-state index in [2.05, 4.69) is 10.3 Å². The summed E-state index contributed by atoms with van der Waals surface area (Å²) in [6.07, 6.45) is 1.56. The summed E-state index contributed by atoms with van der Waals surface area (Å²) in [4.78, 5) is 38.7. The van der Waals surface area contributed by atoms with E-state index in [0.29, 0.717) is 5.56 Å². The van der Waals surface area contributed by atoms with Gasteiger partial charge in [-0.3, -0.25) is 14.4 Å². The number of H-pyrrole nitrogens is 1. The maximum atomic E-state index is 13.1. The molecule has 2 N–H and O–H groups in total. The number of aromatic nitrogens is 1. The molecule has 0 radical (unpaired) electrons. The van der Waals surface area contributed by atoms with Crippen molar-refractivity contribution in [2.75, 3.05) is 13.2 Å². The number of Topliss-reactive ketones (excluding diaryl/α,β-unsaturated/α-hetero) is 1. The molecule has 0 unspecified atom stereocenters. The molecule has 3 rings (SSSR count). The first-order valence-electron chi connectivity index (χ1n) is 7.83. The van der Waals surface area contributed by atoms with Gasteiger partial charge in [-0.05, 0) is 24.3 Å². The maximum absolute atomic E-state index is 13.1. The van der Waals surface area contributed by atoms with Crippen LogP contribution in [0.15, 0.2) is 54.7 Å². The molecule has 0 fully saturated rings. The Balaban J connectivity index is 1.51. The van der Waals surface area contributed by atoms with E-state index >= 15 is 0 Å². The van der Waals surface area contributed by atoms with Crippen LogP contribution in [0.2, 0.25) is 0 Å². The number of halogens is 1. The Labute approximate surface area is 148 Å². The lowest BCUT2D eigenvalue weighted by molar-refractivity contribution is -0.141. The van der Waals surface area contributed by atoms with Crippen molar-refractivity contribution < 1.29 is 23.5 Å². The third-order valence-electron chi connectivity index (χ3n) is 3.73. The van der Waals surface area contributed by atoms with Gasteiger partial charge in [0.15, 0.2) is 6.61 Å². The van der Waals surface area contributed by atoms with Crippen molar-refractivity contribution in [3.05, 3.63) is 71.7 Å². The monoisotopic (exact) mass is 354 g/mol. The second-order valence-corrected chi connectivity index (χ2v) is 5.52. The Bertz CT molecular complexity index is 980. The van der Waals surface area contributed by atoms with Crippen molar-refractivity contribution in [2.24, 2.45) is 0 Å². The number of para-hydroxylation sites is 1. The molecular formula is C19H15FN2O4. The zero-order chi connectivity index (χ0) is 18.5.